The molecule has 0 fully saturated rings. The third-order valence-electron chi connectivity index (χ3n) is 4.24. The minimum Gasteiger partial charge on any atom is -0.258 e. The summed E-state index contributed by atoms with van der Waals surface area (Å²) in [5.74, 6) is 0.790. The molecule has 2 aromatic carbocycles. The molecule has 1 aliphatic rings. The van der Waals surface area contributed by atoms with E-state index in [2.05, 4.69) is 10.3 Å². The van der Waals surface area contributed by atoms with E-state index in [0.717, 1.165) is 22.6 Å². The van der Waals surface area contributed by atoms with Crippen molar-refractivity contribution >= 4 is 23.9 Å². The van der Waals surface area contributed by atoms with E-state index < -0.39 is 0 Å². The molecule has 1 aliphatic heterocycles. The largest absolute Gasteiger partial charge is 0.359 e. The maximum absolute atomic E-state index is 12.7. The molecule has 4 nitrogen and oxygen atoms in total. The second-order valence-electron chi connectivity index (χ2n) is 6.04. The summed E-state index contributed by atoms with van der Waals surface area (Å²) in [7, 11) is 0. The summed E-state index contributed by atoms with van der Waals surface area (Å²) in [6, 6.07) is 19.8. The Bertz CT molecular complexity index is 920. The second-order valence-corrected chi connectivity index (χ2v) is 6.04. The number of hydrogen-bond acceptors (Lipinski definition) is 3. The van der Waals surface area contributed by atoms with Gasteiger partial charge >= 0.3 is 11.7 Å². The molecule has 3 aromatic rings. The van der Waals surface area contributed by atoms with Crippen molar-refractivity contribution in [3.8, 4) is 0 Å². The van der Waals surface area contributed by atoms with E-state index in [-0.39, 0.29) is 11.9 Å². The van der Waals surface area contributed by atoms with Crippen molar-refractivity contribution in [2.75, 3.05) is 5.32 Å². The first-order valence-electron chi connectivity index (χ1n) is 8.29. The predicted molar refractivity (Wildman–Crippen MR) is 98.0 cm³/mol. The summed E-state index contributed by atoms with van der Waals surface area (Å²) < 4.78 is 1.66. The van der Waals surface area contributed by atoms with E-state index in [9.17, 15) is 4.79 Å². The summed E-state index contributed by atoms with van der Waals surface area (Å²) >= 11 is 0. The number of carbonyl (C=O) groups is 1. The molecule has 122 valence electrons. The average Bonchev–Trinajstić information content (AvgIpc) is 2.97. The van der Waals surface area contributed by atoms with Gasteiger partial charge in [-0.05, 0) is 17.2 Å². The second kappa shape index (κ2) is 6.69. The number of benzene rings is 2. The normalized spacial score (nSPS) is 16.0. The van der Waals surface area contributed by atoms with E-state index >= 15 is 0 Å². The monoisotopic (exact) mass is 328 g/mol. The van der Waals surface area contributed by atoms with Crippen LogP contribution in [0.25, 0.3) is 12.2 Å². The highest BCUT2D eigenvalue weighted by Crippen LogP contribution is 2.15. The van der Waals surface area contributed by atoms with Gasteiger partial charge < -0.3 is 0 Å². The molecule has 0 aliphatic carbocycles. The van der Waals surface area contributed by atoms with Gasteiger partial charge in [-0.2, -0.15) is 4.57 Å². The Hall–Kier alpha value is -3.27. The third kappa shape index (κ3) is 3.33. The molecular weight excluding hydrogens is 310 g/mol. The molecular formula is C21H18N3O+. The van der Waals surface area contributed by atoms with Crippen LogP contribution in [0, 0.1) is 0 Å². The fraction of sp³-hybridized carbons (Fsp3) is 0.0952. The highest BCUT2D eigenvalue weighted by atomic mass is 16.2. The van der Waals surface area contributed by atoms with Gasteiger partial charge in [0.15, 0.2) is 6.04 Å². The van der Waals surface area contributed by atoms with Crippen LogP contribution < -0.4 is 9.88 Å². The Labute approximate surface area is 146 Å². The van der Waals surface area contributed by atoms with Crippen molar-refractivity contribution in [1.82, 2.24) is 4.98 Å². The lowest BCUT2D eigenvalue weighted by atomic mass is 10.1. The van der Waals surface area contributed by atoms with Crippen LogP contribution in [-0.4, -0.2) is 16.9 Å². The molecule has 1 atom stereocenters. The number of anilines is 1. The first-order valence-corrected chi connectivity index (χ1v) is 8.29. The van der Waals surface area contributed by atoms with E-state index in [1.54, 1.807) is 17.0 Å². The molecule has 1 aromatic heterocycles. The van der Waals surface area contributed by atoms with Gasteiger partial charge in [0, 0.05) is 6.42 Å². The fourth-order valence-corrected chi connectivity index (χ4v) is 2.95. The van der Waals surface area contributed by atoms with Gasteiger partial charge in [-0.3, -0.25) is 5.32 Å². The lowest BCUT2D eigenvalue weighted by Crippen LogP contribution is -2.43. The maximum Gasteiger partial charge on any atom is 0.359 e. The lowest BCUT2D eigenvalue weighted by molar-refractivity contribution is -0.553. The highest BCUT2D eigenvalue weighted by Gasteiger charge is 2.38. The maximum atomic E-state index is 12.7. The predicted octanol–water partition coefficient (Wildman–Crippen LogP) is 3.22. The zero-order chi connectivity index (χ0) is 17.1. The van der Waals surface area contributed by atoms with Crippen molar-refractivity contribution in [2.45, 2.75) is 12.5 Å². The molecule has 4 heteroatoms. The molecule has 4 rings (SSSR count). The minimum atomic E-state index is -0.252. The fourth-order valence-electron chi connectivity index (χ4n) is 2.95. The SMILES string of the molecule is O=C1C(Cc2ccccc2)Nc2cnc(/C=C/c3ccccc3)c[n+]21. The van der Waals surface area contributed by atoms with Crippen LogP contribution in [0.3, 0.4) is 0 Å². The first kappa shape index (κ1) is 15.3. The summed E-state index contributed by atoms with van der Waals surface area (Å²) in [6.45, 7) is 0. The number of nitrogens with one attached hydrogen (secondary N) is 1. The lowest BCUT2D eigenvalue weighted by Gasteiger charge is -2.02. The summed E-state index contributed by atoms with van der Waals surface area (Å²) in [4.78, 5) is 17.1. The van der Waals surface area contributed by atoms with Gasteiger partial charge in [0.25, 0.3) is 0 Å². The standard InChI is InChI=1S/C21H17N3O/c25-21-19(13-17-9-5-2-6-10-17)23-20-14-22-18(15-24(20)21)12-11-16-7-3-1-4-8-16/h1-12,14-15,19H,13H2/p+1/b12-11+. The third-order valence-corrected chi connectivity index (χ3v) is 4.24. The van der Waals surface area contributed by atoms with Gasteiger partial charge in [0.1, 0.15) is 18.1 Å². The highest BCUT2D eigenvalue weighted by molar-refractivity contribution is 5.81. The molecule has 0 amide bonds. The molecule has 1 N–H and O–H groups in total. The van der Waals surface area contributed by atoms with E-state index in [0.29, 0.717) is 6.42 Å². The Morgan fingerprint density at radius 1 is 1.00 bits per heavy atom. The van der Waals surface area contributed by atoms with Gasteiger partial charge in [-0.15, -0.1) is 0 Å². The van der Waals surface area contributed by atoms with Crippen LogP contribution in [0.15, 0.2) is 73.1 Å². The summed E-state index contributed by atoms with van der Waals surface area (Å²) in [5.41, 5.74) is 2.99. The quantitative estimate of drug-likeness (QED) is 0.748. The van der Waals surface area contributed by atoms with Crippen LogP contribution in [0.5, 0.6) is 0 Å². The molecule has 0 spiro atoms. The van der Waals surface area contributed by atoms with E-state index in [1.165, 1.54) is 0 Å². The Morgan fingerprint density at radius 3 is 2.48 bits per heavy atom. The number of fused-ring (bicyclic) bond motifs is 1. The van der Waals surface area contributed by atoms with Crippen LogP contribution >= 0.6 is 0 Å². The zero-order valence-corrected chi connectivity index (χ0v) is 13.7. The van der Waals surface area contributed by atoms with Crippen molar-refractivity contribution in [3.05, 3.63) is 89.9 Å². The number of rotatable bonds is 4. The Morgan fingerprint density at radius 2 is 1.72 bits per heavy atom. The van der Waals surface area contributed by atoms with Crippen molar-refractivity contribution in [1.29, 1.82) is 0 Å². The Balaban J connectivity index is 1.53. The van der Waals surface area contributed by atoms with Crippen LogP contribution in [-0.2, 0) is 6.42 Å². The molecule has 0 saturated heterocycles. The molecule has 1 unspecified atom stereocenters. The van der Waals surface area contributed by atoms with Crippen molar-refractivity contribution < 1.29 is 9.36 Å². The minimum absolute atomic E-state index is 0.0515. The van der Waals surface area contributed by atoms with Crippen LogP contribution in [0.1, 0.15) is 21.6 Å². The first-order chi connectivity index (χ1) is 12.3. The van der Waals surface area contributed by atoms with Crippen LogP contribution in [0.4, 0.5) is 5.82 Å². The van der Waals surface area contributed by atoms with Crippen LogP contribution in [0.2, 0.25) is 0 Å². The topological polar surface area (TPSA) is 45.9 Å². The van der Waals surface area contributed by atoms with Gasteiger partial charge in [-0.25, -0.2) is 9.78 Å². The van der Waals surface area contributed by atoms with Gasteiger partial charge in [-0.1, -0.05) is 66.7 Å². The Kier molecular flexibility index (Phi) is 4.09. The summed E-state index contributed by atoms with van der Waals surface area (Å²) in [5, 5.41) is 3.26. The van der Waals surface area contributed by atoms with Gasteiger partial charge in [0.2, 0.25) is 0 Å². The molecule has 0 saturated carbocycles. The van der Waals surface area contributed by atoms with E-state index in [4.69, 9.17) is 0 Å². The number of nitrogens with zero attached hydrogens (tertiary/aromatic N) is 2. The number of hydrogen-bond donors (Lipinski definition) is 1. The number of aromatic nitrogens is 2. The number of carbonyl (C=O) groups excluding carboxylic acids is 1. The summed E-state index contributed by atoms with van der Waals surface area (Å²) in [6.07, 6.45) is 8.07. The smallest absolute Gasteiger partial charge is 0.258 e. The molecule has 0 bridgehead atoms. The van der Waals surface area contributed by atoms with Gasteiger partial charge in [0.05, 0.1) is 0 Å². The van der Waals surface area contributed by atoms with Crippen molar-refractivity contribution in [3.63, 3.8) is 0 Å². The molecule has 2 heterocycles. The molecule has 0 radical (unpaired) electrons. The zero-order valence-electron chi connectivity index (χ0n) is 13.7. The van der Waals surface area contributed by atoms with Crippen molar-refractivity contribution in [2.24, 2.45) is 0 Å². The average molecular weight is 328 g/mol. The molecule has 25 heavy (non-hydrogen) atoms. The van der Waals surface area contributed by atoms with E-state index in [1.807, 2.05) is 72.8 Å².